The zero-order valence-electron chi connectivity index (χ0n) is 21.8. The molecule has 0 aliphatic heterocycles. The van der Waals surface area contributed by atoms with E-state index >= 15 is 0 Å². The number of aldehydes is 1. The third kappa shape index (κ3) is 7.69. The molecule has 0 bridgehead atoms. The smallest absolute Gasteiger partial charge is 0.153 e. The Hall–Kier alpha value is -3.19. The monoisotopic (exact) mass is 581 g/mol. The van der Waals surface area contributed by atoms with Crippen molar-refractivity contribution in [3.63, 3.8) is 0 Å². The molecule has 39 heavy (non-hydrogen) atoms. The van der Waals surface area contributed by atoms with Crippen molar-refractivity contribution in [2.45, 2.75) is 31.5 Å². The lowest BCUT2D eigenvalue weighted by atomic mass is 9.96. The molecule has 5 nitrogen and oxygen atoms in total. The Morgan fingerprint density at radius 2 is 1.77 bits per heavy atom. The Kier molecular flexibility index (Phi) is 10.5. The molecular formula is C31H29Cl2NO4S. The van der Waals surface area contributed by atoms with E-state index in [0.717, 1.165) is 51.2 Å². The Balaban J connectivity index is 1.50. The number of alkyl halides is 1. The largest absolute Gasteiger partial charge is 0.494 e. The number of carbonyl (C=O) groups excluding carboxylic acids is 1. The van der Waals surface area contributed by atoms with Crippen LogP contribution >= 0.6 is 35.0 Å². The molecule has 0 saturated carbocycles. The second kappa shape index (κ2) is 14.3. The highest BCUT2D eigenvalue weighted by Crippen LogP contribution is 2.34. The topological polar surface area (TPSA) is 57.6 Å². The summed E-state index contributed by atoms with van der Waals surface area (Å²) < 4.78 is 17.9. The van der Waals surface area contributed by atoms with E-state index in [9.17, 15) is 4.79 Å². The van der Waals surface area contributed by atoms with Crippen LogP contribution in [0, 0.1) is 6.92 Å². The highest BCUT2D eigenvalue weighted by atomic mass is 35.5. The fraction of sp³-hybridized carbons (Fsp3) is 0.226. The molecule has 0 N–H and O–H groups in total. The molecule has 0 spiro atoms. The first-order chi connectivity index (χ1) is 19.0. The third-order valence-electron chi connectivity index (χ3n) is 6.11. The molecule has 0 radical (unpaired) electrons. The first-order valence-corrected chi connectivity index (χ1v) is 14.6. The zero-order valence-corrected chi connectivity index (χ0v) is 24.1. The lowest BCUT2D eigenvalue weighted by Gasteiger charge is -2.16. The van der Waals surface area contributed by atoms with Crippen LogP contribution in [0.15, 0.2) is 78.0 Å². The first kappa shape index (κ1) is 28.8. The van der Waals surface area contributed by atoms with Gasteiger partial charge in [0, 0.05) is 34.8 Å². The first-order valence-electron chi connectivity index (χ1n) is 12.4. The van der Waals surface area contributed by atoms with Crippen LogP contribution in [0.1, 0.15) is 33.5 Å². The fourth-order valence-corrected chi connectivity index (χ4v) is 4.77. The Morgan fingerprint density at radius 3 is 2.56 bits per heavy atom. The minimum Gasteiger partial charge on any atom is -0.494 e. The summed E-state index contributed by atoms with van der Waals surface area (Å²) in [6.07, 6.45) is 7.05. The lowest BCUT2D eigenvalue weighted by molar-refractivity contribution is 0.111. The quantitative estimate of drug-likeness (QED) is 0.0683. The van der Waals surface area contributed by atoms with Gasteiger partial charge in [-0.05, 0) is 66.1 Å². The number of thioether (sulfide) groups is 1. The number of carbonyl (C=O) groups is 1. The summed E-state index contributed by atoms with van der Waals surface area (Å²) in [4.78, 5) is 17.0. The average molecular weight is 583 g/mol. The highest BCUT2D eigenvalue weighted by Gasteiger charge is 2.13. The van der Waals surface area contributed by atoms with Gasteiger partial charge in [0.05, 0.1) is 17.2 Å². The SMILES string of the molecule is CSc1cncc(COc2cc(OCc3cccc(-c4cccc(OCCCCl)c4)c3C)c(Cl)cc2C=O)c1. The zero-order chi connectivity index (χ0) is 27.6. The number of rotatable bonds is 13. The van der Waals surface area contributed by atoms with Crippen LogP contribution in [0.5, 0.6) is 17.2 Å². The highest BCUT2D eigenvalue weighted by molar-refractivity contribution is 7.98. The predicted molar refractivity (Wildman–Crippen MR) is 159 cm³/mol. The number of nitrogens with zero attached hydrogens (tertiary/aromatic N) is 1. The van der Waals surface area contributed by atoms with Gasteiger partial charge >= 0.3 is 0 Å². The van der Waals surface area contributed by atoms with Crippen molar-refractivity contribution in [2.24, 2.45) is 0 Å². The molecule has 0 fully saturated rings. The molecule has 0 atom stereocenters. The third-order valence-corrected chi connectivity index (χ3v) is 7.37. The van der Waals surface area contributed by atoms with Crippen molar-refractivity contribution in [2.75, 3.05) is 18.7 Å². The second-order valence-corrected chi connectivity index (χ2v) is 10.4. The number of benzene rings is 3. The molecule has 4 aromatic rings. The van der Waals surface area contributed by atoms with E-state index in [1.165, 1.54) is 0 Å². The molecule has 1 heterocycles. The number of hydrogen-bond donors (Lipinski definition) is 0. The maximum Gasteiger partial charge on any atom is 0.153 e. The van der Waals surface area contributed by atoms with E-state index in [1.807, 2.05) is 42.7 Å². The molecule has 0 aliphatic carbocycles. The summed E-state index contributed by atoms with van der Waals surface area (Å²) in [5.41, 5.74) is 5.51. The molecule has 202 valence electrons. The van der Waals surface area contributed by atoms with Gasteiger partial charge in [0.15, 0.2) is 6.29 Å². The summed E-state index contributed by atoms with van der Waals surface area (Å²) >= 11 is 13.8. The van der Waals surface area contributed by atoms with E-state index in [4.69, 9.17) is 37.4 Å². The standard InChI is InChI=1S/C31H29Cl2NO4S/c1-21-24(7-4-9-28(21)23-6-3-8-26(13-23)36-11-5-10-32)20-38-31-15-30(25(18-35)14-29(31)33)37-19-22-12-27(39-2)17-34-16-22/h3-4,6-9,12-18H,5,10-11,19-20H2,1-2H3. The number of ether oxygens (including phenoxy) is 3. The molecular weight excluding hydrogens is 553 g/mol. The van der Waals surface area contributed by atoms with E-state index in [2.05, 4.69) is 24.0 Å². The normalized spacial score (nSPS) is 10.8. The predicted octanol–water partition coefficient (Wildman–Crippen LogP) is 8.41. The summed E-state index contributed by atoms with van der Waals surface area (Å²) in [6, 6.07) is 19.4. The van der Waals surface area contributed by atoms with Gasteiger partial charge < -0.3 is 14.2 Å². The summed E-state index contributed by atoms with van der Waals surface area (Å²) in [7, 11) is 0. The van der Waals surface area contributed by atoms with Crippen LogP contribution in [-0.2, 0) is 13.2 Å². The van der Waals surface area contributed by atoms with Gasteiger partial charge in [-0.25, -0.2) is 0 Å². The molecule has 3 aromatic carbocycles. The van der Waals surface area contributed by atoms with Crippen LogP contribution in [-0.4, -0.2) is 30.0 Å². The van der Waals surface area contributed by atoms with Gasteiger partial charge in [0.25, 0.3) is 0 Å². The summed E-state index contributed by atoms with van der Waals surface area (Å²) in [5.74, 6) is 2.22. The van der Waals surface area contributed by atoms with E-state index in [-0.39, 0.29) is 6.61 Å². The Morgan fingerprint density at radius 1 is 0.949 bits per heavy atom. The van der Waals surface area contributed by atoms with Gasteiger partial charge in [-0.3, -0.25) is 9.78 Å². The number of pyridine rings is 1. The molecule has 1 aromatic heterocycles. The van der Waals surface area contributed by atoms with Gasteiger partial charge in [0.1, 0.15) is 30.5 Å². The Labute approximate surface area is 243 Å². The average Bonchev–Trinajstić information content (AvgIpc) is 2.96. The van der Waals surface area contributed by atoms with Crippen LogP contribution in [0.2, 0.25) is 5.02 Å². The fourth-order valence-electron chi connectivity index (χ4n) is 4.00. The lowest BCUT2D eigenvalue weighted by Crippen LogP contribution is -2.03. The van der Waals surface area contributed by atoms with Crippen LogP contribution in [0.25, 0.3) is 11.1 Å². The van der Waals surface area contributed by atoms with Gasteiger partial charge in [-0.2, -0.15) is 0 Å². The molecule has 4 rings (SSSR count). The maximum absolute atomic E-state index is 11.7. The van der Waals surface area contributed by atoms with Crippen molar-refractivity contribution in [1.29, 1.82) is 0 Å². The second-order valence-electron chi connectivity index (χ2n) is 8.76. The van der Waals surface area contributed by atoms with Gasteiger partial charge in [0.2, 0.25) is 0 Å². The maximum atomic E-state index is 11.7. The van der Waals surface area contributed by atoms with Crippen molar-refractivity contribution >= 4 is 41.2 Å². The van der Waals surface area contributed by atoms with Crippen molar-refractivity contribution < 1.29 is 19.0 Å². The van der Waals surface area contributed by atoms with Crippen molar-refractivity contribution in [1.82, 2.24) is 4.98 Å². The number of halogens is 2. The number of hydrogen-bond acceptors (Lipinski definition) is 6. The summed E-state index contributed by atoms with van der Waals surface area (Å²) in [6.45, 7) is 3.21. The van der Waals surface area contributed by atoms with Gasteiger partial charge in [-0.1, -0.05) is 41.9 Å². The molecule has 0 amide bonds. The summed E-state index contributed by atoms with van der Waals surface area (Å²) in [5, 5.41) is 0.339. The van der Waals surface area contributed by atoms with Crippen molar-refractivity contribution in [3.05, 3.63) is 100 Å². The van der Waals surface area contributed by atoms with Gasteiger partial charge in [-0.15, -0.1) is 23.4 Å². The molecule has 0 unspecified atom stereocenters. The van der Waals surface area contributed by atoms with Crippen LogP contribution in [0.3, 0.4) is 0 Å². The van der Waals surface area contributed by atoms with E-state index < -0.39 is 0 Å². The Bertz CT molecular complexity index is 1430. The van der Waals surface area contributed by atoms with Crippen molar-refractivity contribution in [3.8, 4) is 28.4 Å². The molecule has 8 heteroatoms. The molecule has 0 saturated heterocycles. The van der Waals surface area contributed by atoms with Crippen LogP contribution in [0.4, 0.5) is 0 Å². The van der Waals surface area contributed by atoms with E-state index in [0.29, 0.717) is 41.2 Å². The molecule has 0 aliphatic rings. The minimum absolute atomic E-state index is 0.263. The van der Waals surface area contributed by atoms with E-state index in [1.54, 1.807) is 36.3 Å². The van der Waals surface area contributed by atoms with Crippen LogP contribution < -0.4 is 14.2 Å². The minimum atomic E-state index is 0.263. The number of aromatic nitrogens is 1.